The number of ketones is 1. The molecule has 2 aromatic heterocycles. The fraction of sp³-hybridized carbons (Fsp3) is 0.238. The third-order valence-electron chi connectivity index (χ3n) is 4.33. The summed E-state index contributed by atoms with van der Waals surface area (Å²) in [5.74, 6) is -2.21. The molecule has 0 saturated heterocycles. The van der Waals surface area contributed by atoms with Gasteiger partial charge in [-0.1, -0.05) is 18.2 Å². The van der Waals surface area contributed by atoms with Gasteiger partial charge in [-0.25, -0.2) is 14.4 Å². The number of nitrogens with one attached hydrogen (secondary N) is 1. The van der Waals surface area contributed by atoms with Gasteiger partial charge in [0.25, 0.3) is 0 Å². The molecule has 150 valence electrons. The van der Waals surface area contributed by atoms with Crippen LogP contribution >= 0.6 is 0 Å². The van der Waals surface area contributed by atoms with Crippen LogP contribution < -0.4 is 5.63 Å². The number of aromatic nitrogens is 1. The Morgan fingerprint density at radius 2 is 1.69 bits per heavy atom. The molecule has 0 unspecified atom stereocenters. The summed E-state index contributed by atoms with van der Waals surface area (Å²) in [6.45, 7) is 4.44. The van der Waals surface area contributed by atoms with E-state index in [0.717, 1.165) is 0 Å². The van der Waals surface area contributed by atoms with Crippen LogP contribution in [0.1, 0.15) is 49.4 Å². The Bertz CT molecular complexity index is 1170. The Hall–Kier alpha value is -3.68. The minimum absolute atomic E-state index is 0.0966. The Balaban J connectivity index is 1.81. The molecular weight excluding hydrogens is 378 g/mol. The lowest BCUT2D eigenvalue weighted by Crippen LogP contribution is -2.21. The summed E-state index contributed by atoms with van der Waals surface area (Å²) < 4.78 is 15.1. The molecule has 0 aliphatic heterocycles. The number of carbonyl (C=O) groups excluding carboxylic acids is 3. The first kappa shape index (κ1) is 20.1. The van der Waals surface area contributed by atoms with Crippen molar-refractivity contribution < 1.29 is 28.3 Å². The molecule has 29 heavy (non-hydrogen) atoms. The van der Waals surface area contributed by atoms with Crippen LogP contribution in [0.2, 0.25) is 0 Å². The number of para-hydroxylation sites is 1. The van der Waals surface area contributed by atoms with Gasteiger partial charge in [-0.3, -0.25) is 4.79 Å². The van der Waals surface area contributed by atoms with Crippen molar-refractivity contribution in [1.82, 2.24) is 4.98 Å². The summed E-state index contributed by atoms with van der Waals surface area (Å²) in [6, 6.07) is 8.06. The van der Waals surface area contributed by atoms with E-state index < -0.39 is 30.0 Å². The van der Waals surface area contributed by atoms with Gasteiger partial charge in [0.1, 0.15) is 11.1 Å². The number of H-pyrrole nitrogens is 1. The maximum Gasteiger partial charge on any atom is 0.351 e. The monoisotopic (exact) mass is 397 g/mol. The molecule has 0 aliphatic rings. The number of ether oxygens (including phenoxy) is 2. The van der Waals surface area contributed by atoms with Crippen LogP contribution in [0.15, 0.2) is 39.5 Å². The van der Waals surface area contributed by atoms with Crippen LogP contribution in [0.4, 0.5) is 0 Å². The maximum absolute atomic E-state index is 12.6. The predicted octanol–water partition coefficient (Wildman–Crippen LogP) is 2.95. The number of carbonyl (C=O) groups is 3. The molecule has 0 aliphatic carbocycles. The Morgan fingerprint density at radius 3 is 2.41 bits per heavy atom. The van der Waals surface area contributed by atoms with Crippen molar-refractivity contribution in [3.05, 3.63) is 68.8 Å². The summed E-state index contributed by atoms with van der Waals surface area (Å²) in [5.41, 5.74) is 0.297. The van der Waals surface area contributed by atoms with Crippen LogP contribution in [0.3, 0.4) is 0 Å². The standard InChI is InChI=1S/C21H19NO7/c1-4-27-21(26)18-12(3)22-11(2)17(18)15(23)10-28-19(24)14-9-13-7-5-6-8-16(13)29-20(14)25/h5-9,22H,4,10H2,1-3H3. The van der Waals surface area contributed by atoms with E-state index in [1.165, 1.54) is 6.07 Å². The minimum atomic E-state index is -0.986. The summed E-state index contributed by atoms with van der Waals surface area (Å²) >= 11 is 0. The molecule has 0 amide bonds. The maximum atomic E-state index is 12.6. The zero-order valence-electron chi connectivity index (χ0n) is 16.2. The van der Waals surface area contributed by atoms with Crippen molar-refractivity contribution in [3.8, 4) is 0 Å². The zero-order valence-corrected chi connectivity index (χ0v) is 16.2. The van der Waals surface area contributed by atoms with Gasteiger partial charge in [0.15, 0.2) is 6.61 Å². The van der Waals surface area contributed by atoms with Crippen molar-refractivity contribution in [3.63, 3.8) is 0 Å². The highest BCUT2D eigenvalue weighted by Crippen LogP contribution is 2.21. The highest BCUT2D eigenvalue weighted by Gasteiger charge is 2.26. The van der Waals surface area contributed by atoms with Crippen LogP contribution in [0.5, 0.6) is 0 Å². The minimum Gasteiger partial charge on any atom is -0.462 e. The summed E-state index contributed by atoms with van der Waals surface area (Å²) in [4.78, 5) is 52.1. The van der Waals surface area contributed by atoms with Crippen molar-refractivity contribution in [2.24, 2.45) is 0 Å². The van der Waals surface area contributed by atoms with E-state index in [9.17, 15) is 19.2 Å². The second-order valence-electron chi connectivity index (χ2n) is 6.33. The SMILES string of the molecule is CCOC(=O)c1c(C)[nH]c(C)c1C(=O)COC(=O)c1cc2ccccc2oc1=O. The van der Waals surface area contributed by atoms with Crippen LogP contribution in [-0.2, 0) is 9.47 Å². The Morgan fingerprint density at radius 1 is 1.00 bits per heavy atom. The lowest BCUT2D eigenvalue weighted by Gasteiger charge is -2.07. The van der Waals surface area contributed by atoms with E-state index in [4.69, 9.17) is 13.9 Å². The van der Waals surface area contributed by atoms with Gasteiger partial charge >= 0.3 is 17.6 Å². The van der Waals surface area contributed by atoms with Crippen LogP contribution in [0.25, 0.3) is 11.0 Å². The third-order valence-corrected chi connectivity index (χ3v) is 4.33. The van der Waals surface area contributed by atoms with Gasteiger partial charge < -0.3 is 18.9 Å². The molecule has 2 heterocycles. The molecule has 8 heteroatoms. The predicted molar refractivity (Wildman–Crippen MR) is 103 cm³/mol. The van der Waals surface area contributed by atoms with E-state index >= 15 is 0 Å². The number of hydrogen-bond acceptors (Lipinski definition) is 7. The van der Waals surface area contributed by atoms with E-state index in [1.54, 1.807) is 45.0 Å². The molecule has 0 fully saturated rings. The lowest BCUT2D eigenvalue weighted by molar-refractivity contribution is 0.0468. The van der Waals surface area contributed by atoms with Gasteiger partial charge in [-0.05, 0) is 32.9 Å². The molecule has 1 aromatic carbocycles. The van der Waals surface area contributed by atoms with Gasteiger partial charge in [0.05, 0.1) is 17.7 Å². The Kier molecular flexibility index (Phi) is 5.63. The highest BCUT2D eigenvalue weighted by molar-refractivity contribution is 6.09. The van der Waals surface area contributed by atoms with E-state index in [2.05, 4.69) is 4.98 Å². The summed E-state index contributed by atoms with van der Waals surface area (Å²) in [6.07, 6.45) is 0. The fourth-order valence-electron chi connectivity index (χ4n) is 3.07. The molecule has 0 radical (unpaired) electrons. The fourth-order valence-corrected chi connectivity index (χ4v) is 3.07. The average molecular weight is 397 g/mol. The Labute approximate surface area is 165 Å². The molecule has 0 saturated carbocycles. The first-order valence-electron chi connectivity index (χ1n) is 8.93. The molecule has 0 bridgehead atoms. The van der Waals surface area contributed by atoms with Crippen molar-refractivity contribution in [2.75, 3.05) is 13.2 Å². The van der Waals surface area contributed by atoms with Crippen molar-refractivity contribution in [2.45, 2.75) is 20.8 Å². The third kappa shape index (κ3) is 3.96. The largest absolute Gasteiger partial charge is 0.462 e. The first-order chi connectivity index (χ1) is 13.8. The molecule has 3 aromatic rings. The number of rotatable bonds is 6. The van der Waals surface area contributed by atoms with Crippen LogP contribution in [0, 0.1) is 13.8 Å². The number of esters is 2. The van der Waals surface area contributed by atoms with Crippen molar-refractivity contribution in [1.29, 1.82) is 0 Å². The van der Waals surface area contributed by atoms with Gasteiger partial charge in [0, 0.05) is 16.8 Å². The second kappa shape index (κ2) is 8.14. The number of benzene rings is 1. The topological polar surface area (TPSA) is 116 Å². The number of hydrogen-bond donors (Lipinski definition) is 1. The zero-order chi connectivity index (χ0) is 21.1. The molecule has 3 rings (SSSR count). The van der Waals surface area contributed by atoms with E-state index in [-0.39, 0.29) is 23.3 Å². The number of Topliss-reactive ketones (excluding diaryl/α,β-unsaturated/α-hetero) is 1. The average Bonchev–Trinajstić information content (AvgIpc) is 2.99. The van der Waals surface area contributed by atoms with Gasteiger partial charge in [-0.15, -0.1) is 0 Å². The second-order valence-corrected chi connectivity index (χ2v) is 6.33. The number of aromatic amines is 1. The van der Waals surface area contributed by atoms with Crippen LogP contribution in [-0.4, -0.2) is 35.9 Å². The summed E-state index contributed by atoms with van der Waals surface area (Å²) in [5, 5.41) is 0.548. The van der Waals surface area contributed by atoms with Gasteiger partial charge in [0.2, 0.25) is 5.78 Å². The normalized spacial score (nSPS) is 10.7. The number of aryl methyl sites for hydroxylation is 2. The van der Waals surface area contributed by atoms with Crippen molar-refractivity contribution >= 4 is 28.7 Å². The summed E-state index contributed by atoms with van der Waals surface area (Å²) in [7, 11) is 0. The molecular formula is C21H19NO7. The van der Waals surface area contributed by atoms with E-state index in [1.807, 2.05) is 0 Å². The first-order valence-corrected chi connectivity index (χ1v) is 8.93. The highest BCUT2D eigenvalue weighted by atomic mass is 16.5. The molecule has 1 N–H and O–H groups in total. The molecule has 0 atom stereocenters. The smallest absolute Gasteiger partial charge is 0.351 e. The quantitative estimate of drug-likeness (QED) is 0.386. The lowest BCUT2D eigenvalue weighted by atomic mass is 10.1. The molecule has 8 nitrogen and oxygen atoms in total. The van der Waals surface area contributed by atoms with E-state index in [0.29, 0.717) is 22.4 Å². The molecule has 0 spiro atoms. The van der Waals surface area contributed by atoms with Gasteiger partial charge in [-0.2, -0.15) is 0 Å². The number of fused-ring (bicyclic) bond motifs is 1.